The average molecular weight is 347 g/mol. The van der Waals surface area contributed by atoms with Crippen molar-refractivity contribution >= 4 is 29.4 Å². The maximum absolute atomic E-state index is 12.2. The largest absolute Gasteiger partial charge is 0.455 e. The molecule has 1 aromatic rings. The smallest absolute Gasteiger partial charge is 0.311 e. The molecular formula is C17H21N3O5. The predicted molar refractivity (Wildman–Crippen MR) is 89.2 cm³/mol. The van der Waals surface area contributed by atoms with Gasteiger partial charge in [0.15, 0.2) is 6.61 Å². The number of amides is 3. The first-order valence-electron chi connectivity index (χ1n) is 8.02. The van der Waals surface area contributed by atoms with Crippen molar-refractivity contribution in [3.05, 3.63) is 29.8 Å². The van der Waals surface area contributed by atoms with E-state index in [9.17, 15) is 19.2 Å². The highest BCUT2D eigenvalue weighted by atomic mass is 16.5. The van der Waals surface area contributed by atoms with Crippen LogP contribution in [0.25, 0.3) is 0 Å². The first-order chi connectivity index (χ1) is 11.9. The number of hydrazine groups is 1. The second kappa shape index (κ2) is 8.27. The number of esters is 1. The lowest BCUT2D eigenvalue weighted by Gasteiger charge is -2.17. The molecule has 0 spiro atoms. The van der Waals surface area contributed by atoms with E-state index in [1.807, 2.05) is 31.2 Å². The van der Waals surface area contributed by atoms with E-state index in [0.717, 1.165) is 17.7 Å². The van der Waals surface area contributed by atoms with Crippen LogP contribution in [0.5, 0.6) is 0 Å². The number of carbonyl (C=O) groups excluding carboxylic acids is 4. The summed E-state index contributed by atoms with van der Waals surface area (Å²) in [6, 6.07) is 7.60. The fourth-order valence-electron chi connectivity index (χ4n) is 2.47. The Morgan fingerprint density at radius 1 is 1.20 bits per heavy atom. The van der Waals surface area contributed by atoms with Gasteiger partial charge in [-0.15, -0.1) is 0 Å². The Labute approximate surface area is 145 Å². The minimum atomic E-state index is -0.653. The quantitative estimate of drug-likeness (QED) is 0.589. The van der Waals surface area contributed by atoms with Crippen molar-refractivity contribution in [1.29, 1.82) is 0 Å². The molecule has 2 N–H and O–H groups in total. The van der Waals surface area contributed by atoms with E-state index in [1.165, 1.54) is 6.92 Å². The van der Waals surface area contributed by atoms with Crippen LogP contribution in [-0.4, -0.2) is 36.8 Å². The average Bonchev–Trinajstić information content (AvgIpc) is 2.99. The van der Waals surface area contributed by atoms with Crippen LogP contribution >= 0.6 is 0 Å². The number of anilines is 1. The summed E-state index contributed by atoms with van der Waals surface area (Å²) >= 11 is 0. The maximum atomic E-state index is 12.2. The molecule has 1 fully saturated rings. The molecule has 8 nitrogen and oxygen atoms in total. The summed E-state index contributed by atoms with van der Waals surface area (Å²) in [4.78, 5) is 47.8. The van der Waals surface area contributed by atoms with Crippen LogP contribution in [-0.2, 0) is 30.3 Å². The Hall–Kier alpha value is -2.90. The lowest BCUT2D eigenvalue weighted by atomic mass is 10.1. The highest BCUT2D eigenvalue weighted by Crippen LogP contribution is 2.26. The third kappa shape index (κ3) is 5.03. The van der Waals surface area contributed by atoms with E-state index < -0.39 is 30.3 Å². The van der Waals surface area contributed by atoms with E-state index in [4.69, 9.17) is 4.74 Å². The summed E-state index contributed by atoms with van der Waals surface area (Å²) in [6.07, 6.45) is 0.950. The normalized spacial score (nSPS) is 16.5. The molecule has 1 heterocycles. The molecule has 1 aliphatic rings. The van der Waals surface area contributed by atoms with Gasteiger partial charge in [-0.1, -0.05) is 19.1 Å². The van der Waals surface area contributed by atoms with Crippen LogP contribution in [0.3, 0.4) is 0 Å². The predicted octanol–water partition coefficient (Wildman–Crippen LogP) is 0.312. The van der Waals surface area contributed by atoms with Gasteiger partial charge in [-0.2, -0.15) is 0 Å². The number of hydrogen-bond acceptors (Lipinski definition) is 5. The fraction of sp³-hybridized carbons (Fsp3) is 0.412. The number of benzene rings is 1. The van der Waals surface area contributed by atoms with Gasteiger partial charge in [0.2, 0.25) is 11.8 Å². The molecule has 134 valence electrons. The van der Waals surface area contributed by atoms with Crippen LogP contribution in [0.1, 0.15) is 25.8 Å². The van der Waals surface area contributed by atoms with Crippen molar-refractivity contribution in [2.75, 3.05) is 18.1 Å². The second-order valence-corrected chi connectivity index (χ2v) is 5.76. The summed E-state index contributed by atoms with van der Waals surface area (Å²) in [5, 5.41) is 0. The van der Waals surface area contributed by atoms with Gasteiger partial charge >= 0.3 is 5.97 Å². The Kier molecular flexibility index (Phi) is 6.10. The highest BCUT2D eigenvalue weighted by molar-refractivity contribution is 5.99. The Balaban J connectivity index is 1.87. The monoisotopic (exact) mass is 347 g/mol. The zero-order chi connectivity index (χ0) is 18.4. The first-order valence-corrected chi connectivity index (χ1v) is 8.02. The second-order valence-electron chi connectivity index (χ2n) is 5.76. The topological polar surface area (TPSA) is 105 Å². The number of nitrogens with one attached hydrogen (secondary N) is 2. The molecule has 1 aliphatic heterocycles. The van der Waals surface area contributed by atoms with Crippen molar-refractivity contribution in [2.24, 2.45) is 5.92 Å². The molecule has 0 radical (unpaired) electrons. The molecule has 1 aromatic carbocycles. The summed E-state index contributed by atoms with van der Waals surface area (Å²) in [5.41, 5.74) is 6.08. The third-order valence-electron chi connectivity index (χ3n) is 3.84. The minimum Gasteiger partial charge on any atom is -0.455 e. The van der Waals surface area contributed by atoms with Crippen LogP contribution in [0.2, 0.25) is 0 Å². The van der Waals surface area contributed by atoms with Crippen LogP contribution in [0.4, 0.5) is 5.69 Å². The molecule has 8 heteroatoms. The number of ether oxygens (including phenoxy) is 1. The van der Waals surface area contributed by atoms with Gasteiger partial charge in [0.1, 0.15) is 0 Å². The fourth-order valence-corrected chi connectivity index (χ4v) is 2.47. The van der Waals surface area contributed by atoms with E-state index in [2.05, 4.69) is 10.9 Å². The Bertz CT molecular complexity index is 671. The Morgan fingerprint density at radius 2 is 1.88 bits per heavy atom. The molecule has 1 atom stereocenters. The van der Waals surface area contributed by atoms with Crippen molar-refractivity contribution < 1.29 is 23.9 Å². The van der Waals surface area contributed by atoms with Crippen LogP contribution < -0.4 is 15.8 Å². The van der Waals surface area contributed by atoms with Crippen LogP contribution in [0, 0.1) is 5.92 Å². The standard InChI is InChI=1S/C17H21N3O5/c1-3-12-4-6-14(7-5-12)20-9-13(8-16(20)23)17(24)25-10-15(22)19-18-11(2)21/h4-7,13H,3,8-10H2,1-2H3,(H,18,21)(H,19,22)/t13-/m1/s1. The summed E-state index contributed by atoms with van der Waals surface area (Å²) in [6.45, 7) is 2.98. The zero-order valence-electron chi connectivity index (χ0n) is 14.2. The van der Waals surface area contributed by atoms with E-state index in [0.29, 0.717) is 0 Å². The molecule has 0 saturated carbocycles. The zero-order valence-corrected chi connectivity index (χ0v) is 14.2. The summed E-state index contributed by atoms with van der Waals surface area (Å²) < 4.78 is 4.91. The minimum absolute atomic E-state index is 0.0433. The molecule has 0 aliphatic carbocycles. The molecule has 0 unspecified atom stereocenters. The van der Waals surface area contributed by atoms with Crippen molar-refractivity contribution in [3.8, 4) is 0 Å². The summed E-state index contributed by atoms with van der Waals surface area (Å²) in [5.74, 6) is -2.48. The van der Waals surface area contributed by atoms with Gasteiger partial charge in [-0.25, -0.2) is 0 Å². The van der Waals surface area contributed by atoms with Crippen molar-refractivity contribution in [2.45, 2.75) is 26.7 Å². The molecule has 0 bridgehead atoms. The number of aryl methyl sites for hydroxylation is 1. The maximum Gasteiger partial charge on any atom is 0.311 e. The van der Waals surface area contributed by atoms with Crippen LogP contribution in [0.15, 0.2) is 24.3 Å². The van der Waals surface area contributed by atoms with E-state index in [1.54, 1.807) is 4.90 Å². The van der Waals surface area contributed by atoms with Gasteiger partial charge in [0, 0.05) is 25.6 Å². The van der Waals surface area contributed by atoms with E-state index in [-0.39, 0.29) is 18.9 Å². The molecule has 25 heavy (non-hydrogen) atoms. The molecule has 1 saturated heterocycles. The van der Waals surface area contributed by atoms with Gasteiger partial charge in [0.05, 0.1) is 5.92 Å². The third-order valence-corrected chi connectivity index (χ3v) is 3.84. The number of hydrogen-bond donors (Lipinski definition) is 2. The lowest BCUT2D eigenvalue weighted by molar-refractivity contribution is -0.152. The molecule has 0 aromatic heterocycles. The lowest BCUT2D eigenvalue weighted by Crippen LogP contribution is -2.42. The van der Waals surface area contributed by atoms with Gasteiger partial charge < -0.3 is 9.64 Å². The molecule has 3 amide bonds. The van der Waals surface area contributed by atoms with Gasteiger partial charge in [-0.3, -0.25) is 30.0 Å². The SMILES string of the molecule is CCc1ccc(N2C[C@H](C(=O)OCC(=O)NNC(C)=O)CC2=O)cc1. The Morgan fingerprint density at radius 3 is 2.48 bits per heavy atom. The number of nitrogens with zero attached hydrogens (tertiary/aromatic N) is 1. The molecule has 2 rings (SSSR count). The van der Waals surface area contributed by atoms with Gasteiger partial charge in [-0.05, 0) is 24.1 Å². The number of carbonyl (C=O) groups is 4. The first kappa shape index (κ1) is 18.4. The number of rotatable bonds is 5. The summed E-state index contributed by atoms with van der Waals surface area (Å²) in [7, 11) is 0. The van der Waals surface area contributed by atoms with Crippen molar-refractivity contribution in [3.63, 3.8) is 0 Å². The highest BCUT2D eigenvalue weighted by Gasteiger charge is 2.36. The molecular weight excluding hydrogens is 326 g/mol. The van der Waals surface area contributed by atoms with E-state index >= 15 is 0 Å². The van der Waals surface area contributed by atoms with Crippen molar-refractivity contribution in [1.82, 2.24) is 10.9 Å². The van der Waals surface area contributed by atoms with Gasteiger partial charge in [0.25, 0.3) is 5.91 Å².